The minimum absolute atomic E-state index is 0.250. The number of aliphatic hydroxyl groups is 1. The molecule has 5 heteroatoms. The summed E-state index contributed by atoms with van der Waals surface area (Å²) >= 11 is 0. The molecule has 1 aromatic carbocycles. The van der Waals surface area contributed by atoms with Crippen LogP contribution in [0.3, 0.4) is 0 Å². The predicted octanol–water partition coefficient (Wildman–Crippen LogP) is 2.20. The van der Waals surface area contributed by atoms with E-state index in [4.69, 9.17) is 0 Å². The number of hydrogen-bond acceptors (Lipinski definition) is 5. The van der Waals surface area contributed by atoms with Crippen molar-refractivity contribution in [3.63, 3.8) is 0 Å². The van der Waals surface area contributed by atoms with E-state index in [0.717, 1.165) is 25.3 Å². The largest absolute Gasteiger partial charge is 0.391 e. The van der Waals surface area contributed by atoms with E-state index in [1.54, 1.807) is 6.20 Å². The van der Waals surface area contributed by atoms with Crippen molar-refractivity contribution in [1.29, 1.82) is 0 Å². The molecular formula is C18H22N4O. The number of nitrogens with zero attached hydrogens (tertiary/aromatic N) is 4. The summed E-state index contributed by atoms with van der Waals surface area (Å²) in [6, 6.07) is 12.1. The van der Waals surface area contributed by atoms with Crippen LogP contribution in [-0.2, 0) is 0 Å². The van der Waals surface area contributed by atoms with Gasteiger partial charge in [0.1, 0.15) is 5.82 Å². The Bertz CT molecular complexity index is 659. The van der Waals surface area contributed by atoms with Crippen LogP contribution >= 0.6 is 0 Å². The van der Waals surface area contributed by atoms with Crippen LogP contribution < -0.4 is 9.80 Å². The maximum absolute atomic E-state index is 9.66. The Balaban J connectivity index is 1.63. The molecule has 0 amide bonds. The van der Waals surface area contributed by atoms with Gasteiger partial charge in [-0.25, -0.2) is 4.98 Å². The molecular weight excluding hydrogens is 288 g/mol. The van der Waals surface area contributed by atoms with Crippen LogP contribution in [0.2, 0.25) is 0 Å². The number of aromatic nitrogens is 2. The van der Waals surface area contributed by atoms with E-state index >= 15 is 0 Å². The molecule has 0 aliphatic carbocycles. The Labute approximate surface area is 136 Å². The van der Waals surface area contributed by atoms with Gasteiger partial charge in [-0.2, -0.15) is 4.98 Å². The zero-order valence-electron chi connectivity index (χ0n) is 13.3. The summed E-state index contributed by atoms with van der Waals surface area (Å²) in [4.78, 5) is 13.1. The molecule has 2 heterocycles. The molecule has 2 aromatic rings. The molecule has 0 saturated carbocycles. The SMILES string of the molecule is CN(C/C=C/c1ccccc1)c1nccc(N2CC[C@@H](O)C2)n1. The summed E-state index contributed by atoms with van der Waals surface area (Å²) in [5.74, 6) is 1.58. The lowest BCUT2D eigenvalue weighted by molar-refractivity contribution is 0.198. The third kappa shape index (κ3) is 4.07. The third-order valence-electron chi connectivity index (χ3n) is 3.95. The van der Waals surface area contributed by atoms with Gasteiger partial charge < -0.3 is 14.9 Å². The Morgan fingerprint density at radius 2 is 2.13 bits per heavy atom. The van der Waals surface area contributed by atoms with E-state index in [1.807, 2.05) is 36.2 Å². The Hall–Kier alpha value is -2.40. The number of benzene rings is 1. The fourth-order valence-corrected chi connectivity index (χ4v) is 2.64. The number of hydrogen-bond donors (Lipinski definition) is 1. The van der Waals surface area contributed by atoms with Crippen molar-refractivity contribution in [3.8, 4) is 0 Å². The standard InChI is InChI=1S/C18H22N4O/c1-21(12-5-8-15-6-3-2-4-7-15)18-19-11-9-17(20-18)22-13-10-16(23)14-22/h2-9,11,16,23H,10,12-14H2,1H3/b8-5+/t16-/m1/s1. The lowest BCUT2D eigenvalue weighted by atomic mass is 10.2. The third-order valence-corrected chi connectivity index (χ3v) is 3.95. The summed E-state index contributed by atoms with van der Waals surface area (Å²) in [6.45, 7) is 2.23. The van der Waals surface area contributed by atoms with Crippen molar-refractivity contribution in [2.75, 3.05) is 36.5 Å². The highest BCUT2D eigenvalue weighted by Gasteiger charge is 2.21. The molecule has 0 bridgehead atoms. The van der Waals surface area contributed by atoms with Crippen LogP contribution in [0.25, 0.3) is 6.08 Å². The van der Waals surface area contributed by atoms with Gasteiger partial charge in [-0.3, -0.25) is 0 Å². The van der Waals surface area contributed by atoms with E-state index in [0.29, 0.717) is 12.5 Å². The molecule has 0 spiro atoms. The monoisotopic (exact) mass is 310 g/mol. The normalized spacial score (nSPS) is 17.8. The molecule has 1 saturated heterocycles. The van der Waals surface area contributed by atoms with Crippen LogP contribution in [0.15, 0.2) is 48.7 Å². The average molecular weight is 310 g/mol. The first-order valence-corrected chi connectivity index (χ1v) is 7.91. The van der Waals surface area contributed by atoms with Crippen molar-refractivity contribution >= 4 is 17.8 Å². The topological polar surface area (TPSA) is 52.5 Å². The highest BCUT2D eigenvalue weighted by atomic mass is 16.3. The molecule has 3 rings (SSSR count). The molecule has 0 unspecified atom stereocenters. The second-order valence-electron chi connectivity index (χ2n) is 5.80. The molecule has 5 nitrogen and oxygen atoms in total. The van der Waals surface area contributed by atoms with Crippen LogP contribution in [0.5, 0.6) is 0 Å². The number of rotatable bonds is 5. The molecule has 1 N–H and O–H groups in total. The first-order valence-electron chi connectivity index (χ1n) is 7.91. The zero-order valence-corrected chi connectivity index (χ0v) is 13.3. The maximum atomic E-state index is 9.66. The van der Waals surface area contributed by atoms with Gasteiger partial charge in [0.2, 0.25) is 5.95 Å². The molecule has 23 heavy (non-hydrogen) atoms. The molecule has 1 fully saturated rings. The summed E-state index contributed by atoms with van der Waals surface area (Å²) in [5.41, 5.74) is 1.18. The van der Waals surface area contributed by atoms with Gasteiger partial charge in [-0.15, -0.1) is 0 Å². The number of likely N-dealkylation sites (N-methyl/N-ethyl adjacent to an activating group) is 1. The minimum atomic E-state index is -0.250. The van der Waals surface area contributed by atoms with Gasteiger partial charge in [0.15, 0.2) is 0 Å². The van der Waals surface area contributed by atoms with E-state index in [2.05, 4.69) is 39.2 Å². The van der Waals surface area contributed by atoms with Gasteiger partial charge in [-0.1, -0.05) is 42.5 Å². The summed E-state index contributed by atoms with van der Waals surface area (Å²) < 4.78 is 0. The quantitative estimate of drug-likeness (QED) is 0.917. The van der Waals surface area contributed by atoms with Crippen molar-refractivity contribution in [1.82, 2.24) is 9.97 Å². The van der Waals surface area contributed by atoms with Gasteiger partial charge in [0, 0.05) is 32.9 Å². The smallest absolute Gasteiger partial charge is 0.227 e. The highest BCUT2D eigenvalue weighted by molar-refractivity contribution is 5.50. The van der Waals surface area contributed by atoms with Crippen LogP contribution in [0, 0.1) is 0 Å². The number of β-amino-alcohol motifs (C(OH)–C–C–N with tert-alkyl or cyclic N) is 1. The zero-order chi connectivity index (χ0) is 16.1. The van der Waals surface area contributed by atoms with Crippen molar-refractivity contribution < 1.29 is 5.11 Å². The lowest BCUT2D eigenvalue weighted by Gasteiger charge is -2.20. The van der Waals surface area contributed by atoms with Crippen LogP contribution in [-0.4, -0.2) is 47.9 Å². The van der Waals surface area contributed by atoms with E-state index < -0.39 is 0 Å². The van der Waals surface area contributed by atoms with Crippen molar-refractivity contribution in [2.45, 2.75) is 12.5 Å². The Morgan fingerprint density at radius 3 is 2.87 bits per heavy atom. The van der Waals surface area contributed by atoms with Crippen molar-refractivity contribution in [3.05, 3.63) is 54.2 Å². The first-order chi connectivity index (χ1) is 11.2. The lowest BCUT2D eigenvalue weighted by Crippen LogP contribution is -2.24. The molecule has 1 aromatic heterocycles. The van der Waals surface area contributed by atoms with Crippen molar-refractivity contribution in [2.24, 2.45) is 0 Å². The molecule has 0 radical (unpaired) electrons. The van der Waals surface area contributed by atoms with E-state index in [9.17, 15) is 5.11 Å². The van der Waals surface area contributed by atoms with E-state index in [-0.39, 0.29) is 6.10 Å². The van der Waals surface area contributed by atoms with Gasteiger partial charge >= 0.3 is 0 Å². The second-order valence-corrected chi connectivity index (χ2v) is 5.80. The predicted molar refractivity (Wildman–Crippen MR) is 93.6 cm³/mol. The molecule has 1 aliphatic rings. The number of anilines is 2. The van der Waals surface area contributed by atoms with Crippen LogP contribution in [0.1, 0.15) is 12.0 Å². The van der Waals surface area contributed by atoms with Gasteiger partial charge in [-0.05, 0) is 18.1 Å². The second kappa shape index (κ2) is 7.24. The highest BCUT2D eigenvalue weighted by Crippen LogP contribution is 2.19. The van der Waals surface area contributed by atoms with Gasteiger partial charge in [0.25, 0.3) is 0 Å². The Morgan fingerprint density at radius 1 is 1.30 bits per heavy atom. The fourth-order valence-electron chi connectivity index (χ4n) is 2.64. The minimum Gasteiger partial charge on any atom is -0.391 e. The Kier molecular flexibility index (Phi) is 4.88. The average Bonchev–Trinajstić information content (AvgIpc) is 3.02. The molecule has 120 valence electrons. The molecule has 1 atom stereocenters. The molecule has 1 aliphatic heterocycles. The summed E-state index contributed by atoms with van der Waals surface area (Å²) in [5, 5.41) is 9.66. The number of aliphatic hydroxyl groups excluding tert-OH is 1. The maximum Gasteiger partial charge on any atom is 0.227 e. The summed E-state index contributed by atoms with van der Waals surface area (Å²) in [7, 11) is 1.98. The first kappa shape index (κ1) is 15.5. The van der Waals surface area contributed by atoms with E-state index in [1.165, 1.54) is 5.56 Å². The van der Waals surface area contributed by atoms with Crippen LogP contribution in [0.4, 0.5) is 11.8 Å². The van der Waals surface area contributed by atoms with Gasteiger partial charge in [0.05, 0.1) is 6.10 Å². The fraction of sp³-hybridized carbons (Fsp3) is 0.333. The summed E-state index contributed by atoms with van der Waals surface area (Å²) in [6.07, 6.45) is 6.52.